The van der Waals surface area contributed by atoms with Crippen molar-refractivity contribution < 1.29 is 14.3 Å². The fourth-order valence-corrected chi connectivity index (χ4v) is 2.95. The highest BCUT2D eigenvalue weighted by Gasteiger charge is 2.12. The molecule has 25 heavy (non-hydrogen) atoms. The fourth-order valence-electron chi connectivity index (χ4n) is 2.63. The maximum Gasteiger partial charge on any atom is 0.257 e. The average molecular weight is 356 g/mol. The Morgan fingerprint density at radius 2 is 1.92 bits per heavy atom. The molecule has 1 amide bonds. The third-order valence-corrected chi connectivity index (χ3v) is 4.25. The van der Waals surface area contributed by atoms with Gasteiger partial charge in [-0.3, -0.25) is 4.79 Å². The third kappa shape index (κ3) is 3.76. The van der Waals surface area contributed by atoms with E-state index in [-0.39, 0.29) is 12.5 Å². The molecule has 128 valence electrons. The molecule has 0 fully saturated rings. The minimum atomic E-state index is -0.252. The van der Waals surface area contributed by atoms with Gasteiger partial charge < -0.3 is 14.8 Å². The molecule has 0 spiro atoms. The van der Waals surface area contributed by atoms with Crippen molar-refractivity contribution in [2.24, 2.45) is 0 Å². The number of furan rings is 1. The molecule has 5 heteroatoms. The largest absolute Gasteiger partial charge is 0.459 e. The molecule has 0 bridgehead atoms. The third-order valence-electron chi connectivity index (χ3n) is 3.94. The Morgan fingerprint density at radius 3 is 2.56 bits per heavy atom. The summed E-state index contributed by atoms with van der Waals surface area (Å²) in [6.45, 7) is 3.72. The van der Waals surface area contributed by atoms with E-state index in [0.29, 0.717) is 27.8 Å². The molecule has 0 saturated carbocycles. The summed E-state index contributed by atoms with van der Waals surface area (Å²) < 4.78 is 5.56. The fraction of sp³-hybridized carbons (Fsp3) is 0.150. The number of anilines is 1. The predicted octanol–water partition coefficient (Wildman–Crippen LogP) is 4.96. The average Bonchev–Trinajstić information content (AvgIpc) is 3.03. The van der Waals surface area contributed by atoms with Gasteiger partial charge in [-0.2, -0.15) is 0 Å². The number of benzene rings is 2. The zero-order valence-corrected chi connectivity index (χ0v) is 14.7. The number of carbonyl (C=O) groups excluding carboxylic acids is 1. The van der Waals surface area contributed by atoms with Crippen LogP contribution in [0.5, 0.6) is 0 Å². The molecule has 0 unspecified atom stereocenters. The van der Waals surface area contributed by atoms with Crippen molar-refractivity contribution >= 4 is 23.2 Å². The monoisotopic (exact) mass is 355 g/mol. The lowest BCUT2D eigenvalue weighted by Gasteiger charge is -2.10. The molecule has 1 aromatic heterocycles. The Bertz CT molecular complexity index is 930. The number of aryl methyl sites for hydroxylation is 2. The summed E-state index contributed by atoms with van der Waals surface area (Å²) in [6, 6.07) is 14.4. The van der Waals surface area contributed by atoms with Crippen LogP contribution in [0.4, 0.5) is 5.69 Å². The molecule has 1 heterocycles. The molecule has 0 atom stereocenters. The number of amides is 1. The number of aliphatic hydroxyl groups is 1. The quantitative estimate of drug-likeness (QED) is 0.695. The van der Waals surface area contributed by atoms with Crippen molar-refractivity contribution in [3.63, 3.8) is 0 Å². The number of nitrogens with one attached hydrogen (secondary N) is 1. The van der Waals surface area contributed by atoms with Gasteiger partial charge >= 0.3 is 0 Å². The first kappa shape index (κ1) is 17.3. The van der Waals surface area contributed by atoms with Gasteiger partial charge in [-0.15, -0.1) is 0 Å². The van der Waals surface area contributed by atoms with E-state index in [9.17, 15) is 4.79 Å². The molecule has 2 N–H and O–H groups in total. The first-order valence-electron chi connectivity index (χ1n) is 7.86. The minimum absolute atomic E-state index is 0.134. The predicted molar refractivity (Wildman–Crippen MR) is 98.9 cm³/mol. The van der Waals surface area contributed by atoms with Crippen LogP contribution in [0, 0.1) is 13.8 Å². The summed E-state index contributed by atoms with van der Waals surface area (Å²) in [4.78, 5) is 12.4. The highest BCUT2D eigenvalue weighted by Crippen LogP contribution is 2.28. The number of hydrogen-bond acceptors (Lipinski definition) is 3. The van der Waals surface area contributed by atoms with E-state index < -0.39 is 0 Å². The SMILES string of the molecule is Cc1ccc(C(=O)Nc2ccc(-c3ccc(CO)o3)c(C)c2)c(Cl)c1. The number of hydrogen-bond donors (Lipinski definition) is 2. The van der Waals surface area contributed by atoms with Gasteiger partial charge in [0, 0.05) is 11.3 Å². The van der Waals surface area contributed by atoms with Crippen LogP contribution in [0.1, 0.15) is 27.2 Å². The molecule has 0 radical (unpaired) electrons. The van der Waals surface area contributed by atoms with Crippen molar-refractivity contribution in [1.82, 2.24) is 0 Å². The molecular weight excluding hydrogens is 338 g/mol. The summed E-state index contributed by atoms with van der Waals surface area (Å²) in [7, 11) is 0. The van der Waals surface area contributed by atoms with Crippen LogP contribution in [0.25, 0.3) is 11.3 Å². The summed E-state index contributed by atoms with van der Waals surface area (Å²) in [5.41, 5.74) is 3.98. The molecule has 4 nitrogen and oxygen atoms in total. The van der Waals surface area contributed by atoms with Crippen molar-refractivity contribution in [3.8, 4) is 11.3 Å². The second-order valence-corrected chi connectivity index (χ2v) is 6.30. The van der Waals surface area contributed by atoms with Gasteiger partial charge in [0.1, 0.15) is 18.1 Å². The van der Waals surface area contributed by atoms with Crippen molar-refractivity contribution in [2.45, 2.75) is 20.5 Å². The van der Waals surface area contributed by atoms with Crippen molar-refractivity contribution in [2.75, 3.05) is 5.32 Å². The lowest BCUT2D eigenvalue weighted by Crippen LogP contribution is -2.12. The van der Waals surface area contributed by atoms with E-state index >= 15 is 0 Å². The first-order valence-corrected chi connectivity index (χ1v) is 8.24. The zero-order chi connectivity index (χ0) is 18.0. The Morgan fingerprint density at radius 1 is 1.12 bits per heavy atom. The maximum atomic E-state index is 12.4. The van der Waals surface area contributed by atoms with Crippen molar-refractivity contribution in [3.05, 3.63) is 76.0 Å². The maximum absolute atomic E-state index is 12.4. The summed E-state index contributed by atoms with van der Waals surface area (Å²) in [5, 5.41) is 12.4. The van der Waals surface area contributed by atoms with Gasteiger partial charge in [0.05, 0.1) is 10.6 Å². The molecule has 3 rings (SSSR count). The molecule has 0 aliphatic heterocycles. The van der Waals surface area contributed by atoms with Gasteiger partial charge in [0.25, 0.3) is 5.91 Å². The summed E-state index contributed by atoms with van der Waals surface area (Å²) >= 11 is 6.15. The summed E-state index contributed by atoms with van der Waals surface area (Å²) in [5.74, 6) is 0.944. The van der Waals surface area contributed by atoms with Crippen LogP contribution in [-0.4, -0.2) is 11.0 Å². The lowest BCUT2D eigenvalue weighted by molar-refractivity contribution is 0.102. The van der Waals surface area contributed by atoms with Gasteiger partial charge in [0.15, 0.2) is 0 Å². The van der Waals surface area contributed by atoms with Crippen molar-refractivity contribution in [1.29, 1.82) is 0 Å². The van der Waals surface area contributed by atoms with E-state index in [2.05, 4.69) is 5.32 Å². The number of aliphatic hydroxyl groups excluding tert-OH is 1. The van der Waals surface area contributed by atoms with E-state index in [1.54, 1.807) is 18.2 Å². The molecule has 0 aliphatic rings. The highest BCUT2D eigenvalue weighted by atomic mass is 35.5. The molecule has 0 aliphatic carbocycles. The van der Waals surface area contributed by atoms with Crippen LogP contribution >= 0.6 is 11.6 Å². The Hall–Kier alpha value is -2.56. The van der Waals surface area contributed by atoms with E-state index in [0.717, 1.165) is 16.7 Å². The first-order chi connectivity index (χ1) is 12.0. The molecule has 0 saturated heterocycles. The van der Waals surface area contributed by atoms with E-state index in [1.807, 2.05) is 44.2 Å². The second-order valence-electron chi connectivity index (χ2n) is 5.89. The van der Waals surface area contributed by atoms with Crippen LogP contribution < -0.4 is 5.32 Å². The smallest absolute Gasteiger partial charge is 0.257 e. The zero-order valence-electron chi connectivity index (χ0n) is 14.0. The van der Waals surface area contributed by atoms with Crippen LogP contribution in [0.2, 0.25) is 5.02 Å². The van der Waals surface area contributed by atoms with Gasteiger partial charge in [-0.25, -0.2) is 0 Å². The highest BCUT2D eigenvalue weighted by molar-refractivity contribution is 6.34. The van der Waals surface area contributed by atoms with Gasteiger partial charge in [0.2, 0.25) is 0 Å². The Kier molecular flexibility index (Phi) is 4.93. The Labute approximate surface area is 151 Å². The summed E-state index contributed by atoms with van der Waals surface area (Å²) in [6.07, 6.45) is 0. The topological polar surface area (TPSA) is 62.5 Å². The second kappa shape index (κ2) is 7.13. The van der Waals surface area contributed by atoms with E-state index in [1.165, 1.54) is 0 Å². The number of carbonyl (C=O) groups is 1. The standard InChI is InChI=1S/C20H18ClNO3/c1-12-3-6-17(18(21)9-12)20(24)22-14-4-7-16(13(2)10-14)19-8-5-15(11-23)25-19/h3-10,23H,11H2,1-2H3,(H,22,24). The number of rotatable bonds is 4. The minimum Gasteiger partial charge on any atom is -0.459 e. The van der Waals surface area contributed by atoms with Crippen LogP contribution in [0.3, 0.4) is 0 Å². The number of halogens is 1. The molecule has 2 aromatic carbocycles. The van der Waals surface area contributed by atoms with E-state index in [4.69, 9.17) is 21.1 Å². The van der Waals surface area contributed by atoms with Gasteiger partial charge in [-0.05, 0) is 67.4 Å². The molecule has 3 aromatic rings. The lowest BCUT2D eigenvalue weighted by atomic mass is 10.1. The Balaban J connectivity index is 1.82. The van der Waals surface area contributed by atoms with Crippen LogP contribution in [-0.2, 0) is 6.61 Å². The molecular formula is C20H18ClNO3. The van der Waals surface area contributed by atoms with Crippen LogP contribution in [0.15, 0.2) is 52.9 Å². The van der Waals surface area contributed by atoms with Gasteiger partial charge in [-0.1, -0.05) is 17.7 Å². The normalized spacial score (nSPS) is 10.7.